The molecule has 0 amide bonds. The molecule has 0 atom stereocenters. The van der Waals surface area contributed by atoms with Gasteiger partial charge in [0.1, 0.15) is 0 Å². The van der Waals surface area contributed by atoms with Crippen LogP contribution in [0.4, 0.5) is 0 Å². The monoisotopic (exact) mass is 242 g/mol. The highest BCUT2D eigenvalue weighted by Crippen LogP contribution is 2.33. The SMILES string of the molecule is C=Cc1c(C=O)ccc(Cl)c1-c1ccccc1. The molecule has 0 saturated carbocycles. The van der Waals surface area contributed by atoms with E-state index >= 15 is 0 Å². The van der Waals surface area contributed by atoms with E-state index in [0.29, 0.717) is 10.6 Å². The predicted molar refractivity (Wildman–Crippen MR) is 72.4 cm³/mol. The molecule has 84 valence electrons. The third-order valence-electron chi connectivity index (χ3n) is 2.62. The summed E-state index contributed by atoms with van der Waals surface area (Å²) in [5.41, 5.74) is 3.21. The maximum absolute atomic E-state index is 11.0. The lowest BCUT2D eigenvalue weighted by atomic mass is 9.96. The maximum Gasteiger partial charge on any atom is 0.150 e. The van der Waals surface area contributed by atoms with E-state index in [-0.39, 0.29) is 0 Å². The number of hydrogen-bond acceptors (Lipinski definition) is 1. The van der Waals surface area contributed by atoms with Crippen molar-refractivity contribution in [3.8, 4) is 11.1 Å². The largest absolute Gasteiger partial charge is 0.298 e. The van der Waals surface area contributed by atoms with Crippen LogP contribution in [0.1, 0.15) is 15.9 Å². The maximum atomic E-state index is 11.0. The van der Waals surface area contributed by atoms with Crippen molar-refractivity contribution >= 4 is 24.0 Å². The zero-order valence-electron chi connectivity index (χ0n) is 9.19. The molecule has 0 aliphatic carbocycles. The zero-order valence-corrected chi connectivity index (χ0v) is 9.95. The molecule has 2 heteroatoms. The Morgan fingerprint density at radius 3 is 2.35 bits per heavy atom. The van der Waals surface area contributed by atoms with Crippen LogP contribution in [-0.4, -0.2) is 6.29 Å². The van der Waals surface area contributed by atoms with E-state index in [9.17, 15) is 4.79 Å². The standard InChI is InChI=1S/C15H11ClO/c1-2-13-12(10-17)8-9-14(16)15(13)11-6-4-3-5-7-11/h2-10H,1H2. The molecular weight excluding hydrogens is 232 g/mol. The molecule has 0 aromatic heterocycles. The highest BCUT2D eigenvalue weighted by Gasteiger charge is 2.11. The first-order valence-corrected chi connectivity index (χ1v) is 5.61. The Kier molecular flexibility index (Phi) is 3.40. The van der Waals surface area contributed by atoms with E-state index in [2.05, 4.69) is 6.58 Å². The number of carbonyl (C=O) groups is 1. The van der Waals surface area contributed by atoms with Crippen molar-refractivity contribution < 1.29 is 4.79 Å². The van der Waals surface area contributed by atoms with Crippen molar-refractivity contribution in [3.05, 3.63) is 65.2 Å². The van der Waals surface area contributed by atoms with Gasteiger partial charge in [-0.05, 0) is 23.3 Å². The van der Waals surface area contributed by atoms with Gasteiger partial charge in [0.15, 0.2) is 6.29 Å². The molecule has 1 nitrogen and oxygen atoms in total. The van der Waals surface area contributed by atoms with Crippen molar-refractivity contribution in [2.75, 3.05) is 0 Å². The molecule has 0 unspecified atom stereocenters. The van der Waals surface area contributed by atoms with Crippen LogP contribution in [0.3, 0.4) is 0 Å². The van der Waals surface area contributed by atoms with E-state index in [1.165, 1.54) is 0 Å². The highest BCUT2D eigenvalue weighted by atomic mass is 35.5. The average Bonchev–Trinajstić information content (AvgIpc) is 2.39. The summed E-state index contributed by atoms with van der Waals surface area (Å²) in [5.74, 6) is 0. The van der Waals surface area contributed by atoms with Gasteiger partial charge in [-0.2, -0.15) is 0 Å². The first-order valence-electron chi connectivity index (χ1n) is 5.23. The fourth-order valence-corrected chi connectivity index (χ4v) is 2.10. The minimum absolute atomic E-state index is 0.600. The average molecular weight is 243 g/mol. The second-order valence-electron chi connectivity index (χ2n) is 3.61. The summed E-state index contributed by atoms with van der Waals surface area (Å²) in [5, 5.41) is 0.622. The third-order valence-corrected chi connectivity index (χ3v) is 2.94. The Labute approximate surface area is 105 Å². The summed E-state index contributed by atoms with van der Waals surface area (Å²) in [6.07, 6.45) is 2.48. The summed E-state index contributed by atoms with van der Waals surface area (Å²) in [4.78, 5) is 11.0. The molecule has 2 rings (SSSR count). The topological polar surface area (TPSA) is 17.1 Å². The Balaban J connectivity index is 2.76. The van der Waals surface area contributed by atoms with Crippen LogP contribution in [0, 0.1) is 0 Å². The fourth-order valence-electron chi connectivity index (χ4n) is 1.83. The summed E-state index contributed by atoms with van der Waals surface area (Å²) in [6.45, 7) is 3.75. The lowest BCUT2D eigenvalue weighted by Crippen LogP contribution is -1.91. The van der Waals surface area contributed by atoms with Crippen molar-refractivity contribution in [3.63, 3.8) is 0 Å². The molecule has 2 aromatic carbocycles. The Bertz CT molecular complexity index is 559. The molecule has 0 radical (unpaired) electrons. The summed E-state index contributed by atoms with van der Waals surface area (Å²) in [6, 6.07) is 13.2. The second-order valence-corrected chi connectivity index (χ2v) is 4.02. The van der Waals surface area contributed by atoms with Gasteiger partial charge >= 0.3 is 0 Å². The smallest absolute Gasteiger partial charge is 0.150 e. The van der Waals surface area contributed by atoms with Crippen LogP contribution in [0.2, 0.25) is 5.02 Å². The minimum Gasteiger partial charge on any atom is -0.298 e. The van der Waals surface area contributed by atoms with Crippen LogP contribution < -0.4 is 0 Å². The first-order chi connectivity index (χ1) is 8.27. The highest BCUT2D eigenvalue weighted by molar-refractivity contribution is 6.34. The molecule has 0 aliphatic heterocycles. The first kappa shape index (κ1) is 11.6. The third kappa shape index (κ3) is 2.15. The van der Waals surface area contributed by atoms with E-state index in [4.69, 9.17) is 11.6 Å². The molecule has 0 spiro atoms. The molecular formula is C15H11ClO. The number of benzene rings is 2. The molecule has 2 aromatic rings. The van der Waals surface area contributed by atoms with Gasteiger partial charge in [0, 0.05) is 16.1 Å². The minimum atomic E-state index is 0.600. The number of hydrogen-bond donors (Lipinski definition) is 0. The van der Waals surface area contributed by atoms with E-state index < -0.39 is 0 Å². The number of carbonyl (C=O) groups excluding carboxylic acids is 1. The van der Waals surface area contributed by atoms with Gasteiger partial charge in [0.05, 0.1) is 0 Å². The normalized spacial score (nSPS) is 9.94. The van der Waals surface area contributed by atoms with Crippen LogP contribution >= 0.6 is 11.6 Å². The number of rotatable bonds is 3. The quantitative estimate of drug-likeness (QED) is 0.726. The van der Waals surface area contributed by atoms with Gasteiger partial charge in [-0.3, -0.25) is 4.79 Å². The van der Waals surface area contributed by atoms with Crippen molar-refractivity contribution in [2.45, 2.75) is 0 Å². The zero-order chi connectivity index (χ0) is 12.3. The Morgan fingerprint density at radius 1 is 1.06 bits per heavy atom. The Morgan fingerprint density at radius 2 is 1.76 bits per heavy atom. The van der Waals surface area contributed by atoms with Crippen molar-refractivity contribution in [1.82, 2.24) is 0 Å². The fraction of sp³-hybridized carbons (Fsp3) is 0. The van der Waals surface area contributed by atoms with Crippen molar-refractivity contribution in [2.24, 2.45) is 0 Å². The molecule has 0 aliphatic rings. The van der Waals surface area contributed by atoms with Gasteiger partial charge in [-0.25, -0.2) is 0 Å². The predicted octanol–water partition coefficient (Wildman–Crippen LogP) is 4.46. The van der Waals surface area contributed by atoms with Gasteiger partial charge in [-0.15, -0.1) is 0 Å². The van der Waals surface area contributed by atoms with Crippen LogP contribution in [-0.2, 0) is 0 Å². The lowest BCUT2D eigenvalue weighted by Gasteiger charge is -2.10. The van der Waals surface area contributed by atoms with Crippen LogP contribution in [0.15, 0.2) is 49.0 Å². The summed E-state index contributed by atoms with van der Waals surface area (Å²) < 4.78 is 0. The lowest BCUT2D eigenvalue weighted by molar-refractivity contribution is 0.112. The summed E-state index contributed by atoms with van der Waals surface area (Å²) >= 11 is 6.21. The van der Waals surface area contributed by atoms with E-state index in [1.807, 2.05) is 30.3 Å². The molecule has 0 saturated heterocycles. The molecule has 0 bridgehead atoms. The van der Waals surface area contributed by atoms with Gasteiger partial charge in [-0.1, -0.05) is 54.6 Å². The van der Waals surface area contributed by atoms with Gasteiger partial charge in [0.25, 0.3) is 0 Å². The van der Waals surface area contributed by atoms with Crippen LogP contribution in [0.25, 0.3) is 17.2 Å². The number of aldehydes is 1. The number of halogens is 1. The Hall–Kier alpha value is -1.86. The second kappa shape index (κ2) is 4.98. The van der Waals surface area contributed by atoms with E-state index in [1.54, 1.807) is 18.2 Å². The molecule has 0 fully saturated rings. The summed E-state index contributed by atoms with van der Waals surface area (Å²) in [7, 11) is 0. The molecule has 0 N–H and O–H groups in total. The molecule has 0 heterocycles. The van der Waals surface area contributed by atoms with Gasteiger partial charge < -0.3 is 0 Å². The van der Waals surface area contributed by atoms with Crippen molar-refractivity contribution in [1.29, 1.82) is 0 Å². The molecule has 17 heavy (non-hydrogen) atoms. The van der Waals surface area contributed by atoms with Crippen LogP contribution in [0.5, 0.6) is 0 Å². The van der Waals surface area contributed by atoms with Gasteiger partial charge in [0.2, 0.25) is 0 Å². The van der Waals surface area contributed by atoms with E-state index in [0.717, 1.165) is 23.0 Å².